The Balaban J connectivity index is 3.38. The fourth-order valence-corrected chi connectivity index (χ4v) is 1.22. The van der Waals surface area contributed by atoms with Crippen molar-refractivity contribution in [1.29, 1.82) is 0 Å². The molecule has 0 aliphatic rings. The van der Waals surface area contributed by atoms with Crippen LogP contribution in [0.25, 0.3) is 0 Å². The van der Waals surface area contributed by atoms with Crippen LogP contribution < -0.4 is 10.1 Å². The number of carboxylic acids is 1. The first-order valence-electron chi connectivity index (χ1n) is 4.34. The summed E-state index contributed by atoms with van der Waals surface area (Å²) in [5.41, 5.74) is -0.407. The lowest BCUT2D eigenvalue weighted by atomic mass is 10.1. The number of halogens is 1. The normalized spacial score (nSPS) is 9.69. The maximum atomic E-state index is 13.0. The number of hydrogen-bond donors (Lipinski definition) is 2. The number of carbonyl (C=O) groups excluding carboxylic acids is 1. The number of carbonyl (C=O) groups is 2. The second kappa shape index (κ2) is 4.61. The molecule has 0 bridgehead atoms. The van der Waals surface area contributed by atoms with E-state index in [0.29, 0.717) is 0 Å². The number of hydrogen-bond acceptors (Lipinski definition) is 3. The summed E-state index contributed by atoms with van der Waals surface area (Å²) in [6.07, 6.45) is 0. The Kier molecular flexibility index (Phi) is 3.44. The average Bonchev–Trinajstić information content (AvgIpc) is 2.19. The van der Waals surface area contributed by atoms with Crippen molar-refractivity contribution >= 4 is 17.6 Å². The highest BCUT2D eigenvalue weighted by molar-refractivity contribution is 6.01. The molecule has 0 unspecified atom stereocenters. The van der Waals surface area contributed by atoms with Crippen molar-refractivity contribution < 1.29 is 23.8 Å². The van der Waals surface area contributed by atoms with Crippen LogP contribution in [-0.2, 0) is 4.79 Å². The minimum absolute atomic E-state index is 0.0346. The Morgan fingerprint density at radius 3 is 2.50 bits per heavy atom. The number of anilines is 1. The van der Waals surface area contributed by atoms with E-state index in [1.165, 1.54) is 14.0 Å². The molecule has 0 aliphatic heterocycles. The summed E-state index contributed by atoms with van der Waals surface area (Å²) in [4.78, 5) is 21.7. The summed E-state index contributed by atoms with van der Waals surface area (Å²) >= 11 is 0. The number of rotatable bonds is 3. The van der Waals surface area contributed by atoms with Crippen LogP contribution in [0.4, 0.5) is 10.1 Å². The summed E-state index contributed by atoms with van der Waals surface area (Å²) in [6, 6.07) is 1.81. The molecule has 0 saturated heterocycles. The van der Waals surface area contributed by atoms with Gasteiger partial charge in [0.1, 0.15) is 11.6 Å². The van der Waals surface area contributed by atoms with E-state index in [-0.39, 0.29) is 17.0 Å². The van der Waals surface area contributed by atoms with Gasteiger partial charge in [0.25, 0.3) is 0 Å². The van der Waals surface area contributed by atoms with Gasteiger partial charge in [-0.25, -0.2) is 9.18 Å². The van der Waals surface area contributed by atoms with E-state index in [2.05, 4.69) is 5.32 Å². The van der Waals surface area contributed by atoms with Crippen LogP contribution in [0.5, 0.6) is 5.75 Å². The molecule has 1 aromatic carbocycles. The van der Waals surface area contributed by atoms with Crippen molar-refractivity contribution in [3.63, 3.8) is 0 Å². The molecule has 0 aliphatic carbocycles. The molecule has 0 fully saturated rings. The number of aromatic carboxylic acids is 1. The van der Waals surface area contributed by atoms with Gasteiger partial charge in [-0.2, -0.15) is 0 Å². The fraction of sp³-hybridized carbons (Fsp3) is 0.200. The van der Waals surface area contributed by atoms with Crippen molar-refractivity contribution in [2.45, 2.75) is 6.92 Å². The largest absolute Gasteiger partial charge is 0.494 e. The van der Waals surface area contributed by atoms with E-state index >= 15 is 0 Å². The summed E-state index contributed by atoms with van der Waals surface area (Å²) in [7, 11) is 1.26. The van der Waals surface area contributed by atoms with Crippen LogP contribution in [0.3, 0.4) is 0 Å². The fourth-order valence-electron chi connectivity index (χ4n) is 1.22. The third kappa shape index (κ3) is 2.47. The SMILES string of the molecule is COc1cc(F)cc(C(=O)O)c1NC(C)=O. The Labute approximate surface area is 90.8 Å². The van der Waals surface area contributed by atoms with E-state index in [9.17, 15) is 14.0 Å². The highest BCUT2D eigenvalue weighted by atomic mass is 19.1. The molecule has 16 heavy (non-hydrogen) atoms. The van der Waals surface area contributed by atoms with Crippen LogP contribution in [0.1, 0.15) is 17.3 Å². The first kappa shape index (κ1) is 12.0. The van der Waals surface area contributed by atoms with E-state index in [4.69, 9.17) is 9.84 Å². The van der Waals surface area contributed by atoms with Gasteiger partial charge in [-0.3, -0.25) is 4.79 Å². The highest BCUT2D eigenvalue weighted by Crippen LogP contribution is 2.29. The molecular weight excluding hydrogens is 217 g/mol. The molecule has 1 aromatic rings. The van der Waals surface area contributed by atoms with Crippen molar-refractivity contribution in [1.82, 2.24) is 0 Å². The van der Waals surface area contributed by atoms with E-state index in [1.54, 1.807) is 0 Å². The number of carboxylic acid groups (broad SMARTS) is 1. The monoisotopic (exact) mass is 227 g/mol. The van der Waals surface area contributed by atoms with Gasteiger partial charge >= 0.3 is 5.97 Å². The molecule has 86 valence electrons. The number of benzene rings is 1. The topological polar surface area (TPSA) is 75.6 Å². The Bertz CT molecular complexity index is 445. The maximum absolute atomic E-state index is 13.0. The highest BCUT2D eigenvalue weighted by Gasteiger charge is 2.17. The van der Waals surface area contributed by atoms with E-state index in [0.717, 1.165) is 12.1 Å². The predicted molar refractivity (Wildman–Crippen MR) is 54.2 cm³/mol. The Morgan fingerprint density at radius 2 is 2.06 bits per heavy atom. The molecule has 2 N–H and O–H groups in total. The summed E-state index contributed by atoms with van der Waals surface area (Å²) in [6.45, 7) is 1.22. The second-order valence-electron chi connectivity index (χ2n) is 3.02. The summed E-state index contributed by atoms with van der Waals surface area (Å²) in [5.74, 6) is -2.59. The maximum Gasteiger partial charge on any atom is 0.338 e. The van der Waals surface area contributed by atoms with Crippen molar-refractivity contribution in [3.8, 4) is 5.75 Å². The van der Waals surface area contributed by atoms with E-state index < -0.39 is 17.7 Å². The van der Waals surface area contributed by atoms with Gasteiger partial charge in [0.05, 0.1) is 18.4 Å². The average molecular weight is 227 g/mol. The predicted octanol–water partition coefficient (Wildman–Crippen LogP) is 1.49. The third-order valence-corrected chi connectivity index (χ3v) is 1.82. The standard InChI is InChI=1S/C10H10FNO4/c1-5(13)12-9-7(10(14)15)3-6(11)4-8(9)16-2/h3-4H,1-2H3,(H,12,13)(H,14,15). The van der Waals surface area contributed by atoms with Crippen LogP contribution >= 0.6 is 0 Å². The first-order valence-corrected chi connectivity index (χ1v) is 4.34. The van der Waals surface area contributed by atoms with Gasteiger partial charge in [-0.15, -0.1) is 0 Å². The van der Waals surface area contributed by atoms with Gasteiger partial charge < -0.3 is 15.2 Å². The molecule has 0 aromatic heterocycles. The molecule has 6 heteroatoms. The third-order valence-electron chi connectivity index (χ3n) is 1.82. The number of ether oxygens (including phenoxy) is 1. The van der Waals surface area contributed by atoms with Crippen LogP contribution in [0.2, 0.25) is 0 Å². The van der Waals surface area contributed by atoms with Crippen LogP contribution in [0, 0.1) is 5.82 Å². The smallest absolute Gasteiger partial charge is 0.338 e. The molecule has 1 rings (SSSR count). The van der Waals surface area contributed by atoms with Gasteiger partial charge in [-0.05, 0) is 6.07 Å². The van der Waals surface area contributed by atoms with Gasteiger partial charge in [0, 0.05) is 13.0 Å². The van der Waals surface area contributed by atoms with Gasteiger partial charge in [0.15, 0.2) is 0 Å². The quantitative estimate of drug-likeness (QED) is 0.820. The Morgan fingerprint density at radius 1 is 1.44 bits per heavy atom. The zero-order chi connectivity index (χ0) is 12.3. The lowest BCUT2D eigenvalue weighted by Gasteiger charge is -2.11. The van der Waals surface area contributed by atoms with Crippen LogP contribution in [-0.4, -0.2) is 24.1 Å². The van der Waals surface area contributed by atoms with E-state index in [1.807, 2.05) is 0 Å². The lowest BCUT2D eigenvalue weighted by molar-refractivity contribution is -0.114. The molecule has 0 spiro atoms. The molecule has 1 amide bonds. The molecule has 0 radical (unpaired) electrons. The molecule has 0 saturated carbocycles. The van der Waals surface area contributed by atoms with Crippen LogP contribution in [0.15, 0.2) is 12.1 Å². The Hall–Kier alpha value is -2.11. The van der Waals surface area contributed by atoms with Crippen molar-refractivity contribution in [2.75, 3.05) is 12.4 Å². The van der Waals surface area contributed by atoms with Gasteiger partial charge in [-0.1, -0.05) is 0 Å². The molecule has 0 heterocycles. The minimum Gasteiger partial charge on any atom is -0.494 e. The van der Waals surface area contributed by atoms with Gasteiger partial charge in [0.2, 0.25) is 5.91 Å². The minimum atomic E-state index is -1.35. The molecule has 0 atom stereocenters. The first-order chi connectivity index (χ1) is 7.45. The van der Waals surface area contributed by atoms with Crippen molar-refractivity contribution in [3.05, 3.63) is 23.5 Å². The molecular formula is C10H10FNO4. The number of amides is 1. The number of nitrogens with one attached hydrogen (secondary N) is 1. The van der Waals surface area contributed by atoms with Crippen molar-refractivity contribution in [2.24, 2.45) is 0 Å². The second-order valence-corrected chi connectivity index (χ2v) is 3.02. The molecule has 5 nitrogen and oxygen atoms in total. The summed E-state index contributed by atoms with van der Waals surface area (Å²) < 4.78 is 17.8. The lowest BCUT2D eigenvalue weighted by Crippen LogP contribution is -2.12. The number of methoxy groups -OCH3 is 1. The summed E-state index contributed by atoms with van der Waals surface area (Å²) in [5, 5.41) is 11.1. The zero-order valence-corrected chi connectivity index (χ0v) is 8.70. The zero-order valence-electron chi connectivity index (χ0n) is 8.70.